The zero-order valence-corrected chi connectivity index (χ0v) is 7.15. The van der Waals surface area contributed by atoms with Crippen LogP contribution < -0.4 is 0 Å². The van der Waals surface area contributed by atoms with Crippen LogP contribution in [0.25, 0.3) is 0 Å². The third-order valence-electron chi connectivity index (χ3n) is 1.76. The molecule has 0 radical (unpaired) electrons. The molecule has 56 valence electrons. The highest BCUT2D eigenvalue weighted by atomic mass is 14.6. The third-order valence-corrected chi connectivity index (χ3v) is 1.76. The van der Waals surface area contributed by atoms with Crippen molar-refractivity contribution in [2.45, 2.75) is 33.1 Å². The van der Waals surface area contributed by atoms with Gasteiger partial charge in [0.05, 0.1) is 0 Å². The third kappa shape index (κ3) is 1.23. The molecule has 0 aromatic carbocycles. The topological polar surface area (TPSA) is 15.8 Å². The first-order valence-corrected chi connectivity index (χ1v) is 3.65. The maximum Gasteiger partial charge on any atom is 0.00454 e. The molecule has 0 saturated carbocycles. The number of aromatic amines is 1. The molecule has 0 unspecified atom stereocenters. The standard InChI is InChI=1S/C9H15N/c1-7-5-10-6-8(7)9(2,3)4/h5-6,10H,1-4H3. The van der Waals surface area contributed by atoms with Gasteiger partial charge in [-0.2, -0.15) is 0 Å². The van der Waals surface area contributed by atoms with Gasteiger partial charge < -0.3 is 4.98 Å². The maximum absolute atomic E-state index is 3.10. The van der Waals surface area contributed by atoms with Crippen molar-refractivity contribution in [3.8, 4) is 0 Å². The van der Waals surface area contributed by atoms with E-state index in [9.17, 15) is 0 Å². The SMILES string of the molecule is Cc1c[nH]cc1C(C)(C)C. The van der Waals surface area contributed by atoms with Crippen LogP contribution in [0.1, 0.15) is 31.9 Å². The lowest BCUT2D eigenvalue weighted by molar-refractivity contribution is 0.587. The summed E-state index contributed by atoms with van der Waals surface area (Å²) < 4.78 is 0. The average Bonchev–Trinajstić information content (AvgIpc) is 2.11. The van der Waals surface area contributed by atoms with Gasteiger partial charge in [-0.25, -0.2) is 0 Å². The van der Waals surface area contributed by atoms with Gasteiger partial charge in [-0.1, -0.05) is 20.8 Å². The van der Waals surface area contributed by atoms with Gasteiger partial charge in [0.2, 0.25) is 0 Å². The van der Waals surface area contributed by atoms with Gasteiger partial charge in [-0.15, -0.1) is 0 Å². The van der Waals surface area contributed by atoms with Crippen molar-refractivity contribution in [1.29, 1.82) is 0 Å². The van der Waals surface area contributed by atoms with E-state index in [0.29, 0.717) is 0 Å². The molecule has 0 amide bonds. The van der Waals surface area contributed by atoms with Crippen LogP contribution in [0, 0.1) is 6.92 Å². The summed E-state index contributed by atoms with van der Waals surface area (Å²) in [7, 11) is 0. The highest BCUT2D eigenvalue weighted by molar-refractivity contribution is 5.28. The molecule has 0 spiro atoms. The number of nitrogens with one attached hydrogen (secondary N) is 1. The zero-order chi connectivity index (χ0) is 7.78. The second kappa shape index (κ2) is 2.15. The van der Waals surface area contributed by atoms with E-state index in [1.165, 1.54) is 11.1 Å². The second-order valence-corrected chi connectivity index (χ2v) is 3.80. The molecule has 1 rings (SSSR count). The van der Waals surface area contributed by atoms with E-state index in [4.69, 9.17) is 0 Å². The summed E-state index contributed by atoms with van der Waals surface area (Å²) in [6.07, 6.45) is 4.12. The fourth-order valence-electron chi connectivity index (χ4n) is 1.25. The Hall–Kier alpha value is -0.720. The lowest BCUT2D eigenvalue weighted by Crippen LogP contribution is -2.10. The largest absolute Gasteiger partial charge is 0.367 e. The summed E-state index contributed by atoms with van der Waals surface area (Å²) >= 11 is 0. The van der Waals surface area contributed by atoms with Gasteiger partial charge in [0, 0.05) is 12.4 Å². The minimum atomic E-state index is 0.282. The summed E-state index contributed by atoms with van der Waals surface area (Å²) in [5, 5.41) is 0. The molecule has 0 aliphatic heterocycles. The smallest absolute Gasteiger partial charge is 0.00454 e. The fourth-order valence-corrected chi connectivity index (χ4v) is 1.25. The lowest BCUT2D eigenvalue weighted by Gasteiger charge is -2.17. The molecule has 0 fully saturated rings. The summed E-state index contributed by atoms with van der Waals surface area (Å²) in [4.78, 5) is 3.10. The number of H-pyrrole nitrogens is 1. The summed E-state index contributed by atoms with van der Waals surface area (Å²) in [5.74, 6) is 0. The Balaban J connectivity index is 3.05. The van der Waals surface area contributed by atoms with E-state index in [2.05, 4.69) is 38.9 Å². The molecule has 0 bridgehead atoms. The minimum absolute atomic E-state index is 0.282. The van der Waals surface area contributed by atoms with E-state index < -0.39 is 0 Å². The second-order valence-electron chi connectivity index (χ2n) is 3.80. The van der Waals surface area contributed by atoms with Gasteiger partial charge >= 0.3 is 0 Å². The predicted octanol–water partition coefficient (Wildman–Crippen LogP) is 2.62. The molecule has 0 atom stereocenters. The Labute approximate surface area is 62.5 Å². The molecule has 1 nitrogen and oxygen atoms in total. The van der Waals surface area contributed by atoms with E-state index >= 15 is 0 Å². The Bertz CT molecular complexity index is 215. The van der Waals surface area contributed by atoms with Gasteiger partial charge in [-0.3, -0.25) is 0 Å². The number of aromatic nitrogens is 1. The van der Waals surface area contributed by atoms with Crippen molar-refractivity contribution in [1.82, 2.24) is 4.98 Å². The maximum atomic E-state index is 3.10. The van der Waals surface area contributed by atoms with Gasteiger partial charge in [0.1, 0.15) is 0 Å². The van der Waals surface area contributed by atoms with Crippen LogP contribution in [-0.4, -0.2) is 4.98 Å². The Morgan fingerprint density at radius 1 is 1.20 bits per heavy atom. The summed E-state index contributed by atoms with van der Waals surface area (Å²) in [6.45, 7) is 8.81. The first kappa shape index (κ1) is 7.39. The van der Waals surface area contributed by atoms with Crippen molar-refractivity contribution in [2.24, 2.45) is 0 Å². The monoisotopic (exact) mass is 137 g/mol. The van der Waals surface area contributed by atoms with E-state index in [1.54, 1.807) is 0 Å². The molecular weight excluding hydrogens is 122 g/mol. The average molecular weight is 137 g/mol. The number of hydrogen-bond acceptors (Lipinski definition) is 0. The number of rotatable bonds is 0. The van der Waals surface area contributed by atoms with Crippen molar-refractivity contribution in [3.05, 3.63) is 23.5 Å². The quantitative estimate of drug-likeness (QED) is 0.565. The zero-order valence-electron chi connectivity index (χ0n) is 7.15. The number of aryl methyl sites for hydroxylation is 1. The molecule has 10 heavy (non-hydrogen) atoms. The van der Waals surface area contributed by atoms with Crippen LogP contribution >= 0.6 is 0 Å². The minimum Gasteiger partial charge on any atom is -0.367 e. The van der Waals surface area contributed by atoms with Crippen molar-refractivity contribution >= 4 is 0 Å². The van der Waals surface area contributed by atoms with Crippen LogP contribution in [-0.2, 0) is 5.41 Å². The van der Waals surface area contributed by atoms with E-state index in [1.807, 2.05) is 6.20 Å². The van der Waals surface area contributed by atoms with Crippen LogP contribution in [0.5, 0.6) is 0 Å². The molecule has 0 aliphatic carbocycles. The summed E-state index contributed by atoms with van der Waals surface area (Å²) in [6, 6.07) is 0. The van der Waals surface area contributed by atoms with Crippen molar-refractivity contribution in [2.75, 3.05) is 0 Å². The van der Waals surface area contributed by atoms with Crippen LogP contribution in [0.15, 0.2) is 12.4 Å². The van der Waals surface area contributed by atoms with Gasteiger partial charge in [0.15, 0.2) is 0 Å². The molecule has 0 saturated heterocycles. The van der Waals surface area contributed by atoms with Gasteiger partial charge in [0.25, 0.3) is 0 Å². The molecule has 1 heteroatoms. The molecular formula is C9H15N. The van der Waals surface area contributed by atoms with E-state index in [-0.39, 0.29) is 5.41 Å². The molecule has 1 heterocycles. The molecule has 1 aromatic rings. The van der Waals surface area contributed by atoms with Gasteiger partial charge in [-0.05, 0) is 23.5 Å². The van der Waals surface area contributed by atoms with E-state index in [0.717, 1.165) is 0 Å². The van der Waals surface area contributed by atoms with Crippen LogP contribution in [0.2, 0.25) is 0 Å². The highest BCUT2D eigenvalue weighted by Crippen LogP contribution is 2.24. The normalized spacial score (nSPS) is 12.0. The predicted molar refractivity (Wildman–Crippen MR) is 44.2 cm³/mol. The Morgan fingerprint density at radius 2 is 1.80 bits per heavy atom. The number of hydrogen-bond donors (Lipinski definition) is 1. The summed E-state index contributed by atoms with van der Waals surface area (Å²) in [5.41, 5.74) is 3.05. The van der Waals surface area contributed by atoms with Crippen LogP contribution in [0.3, 0.4) is 0 Å². The highest BCUT2D eigenvalue weighted by Gasteiger charge is 2.15. The molecule has 1 N–H and O–H groups in total. The molecule has 0 aliphatic rings. The van der Waals surface area contributed by atoms with Crippen molar-refractivity contribution in [3.63, 3.8) is 0 Å². The Kier molecular flexibility index (Phi) is 1.59. The van der Waals surface area contributed by atoms with Crippen molar-refractivity contribution < 1.29 is 0 Å². The first-order chi connectivity index (χ1) is 4.52. The fraction of sp³-hybridized carbons (Fsp3) is 0.556. The molecule has 1 aromatic heterocycles. The Morgan fingerprint density at radius 3 is 2.00 bits per heavy atom. The van der Waals surface area contributed by atoms with Crippen LogP contribution in [0.4, 0.5) is 0 Å². The lowest BCUT2D eigenvalue weighted by atomic mass is 9.87. The first-order valence-electron chi connectivity index (χ1n) is 3.65.